The zero-order valence-corrected chi connectivity index (χ0v) is 16.8. The minimum absolute atomic E-state index is 0.0395. The molecule has 12 heteroatoms. The van der Waals surface area contributed by atoms with Crippen LogP contribution in [0.2, 0.25) is 0 Å². The Morgan fingerprint density at radius 2 is 2.10 bits per heavy atom. The number of benzene rings is 1. The second-order valence-electron chi connectivity index (χ2n) is 6.05. The number of esters is 1. The number of hydrogen-bond donors (Lipinski definition) is 3. The molecule has 2 aromatic rings. The largest absolute Gasteiger partial charge is 0.465 e. The highest BCUT2D eigenvalue weighted by Gasteiger charge is 2.29. The lowest BCUT2D eigenvalue weighted by Gasteiger charge is -2.21. The molecule has 0 radical (unpaired) electrons. The third-order valence-corrected chi connectivity index (χ3v) is 4.99. The zero-order valence-electron chi connectivity index (χ0n) is 15.9. The maximum Gasteiger partial charge on any atom is 0.352 e. The highest BCUT2D eigenvalue weighted by molar-refractivity contribution is 7.55. The van der Waals surface area contributed by atoms with Crippen LogP contribution in [0.3, 0.4) is 0 Å². The summed E-state index contributed by atoms with van der Waals surface area (Å²) in [6.45, 7) is 1.84. The van der Waals surface area contributed by atoms with Crippen LogP contribution in [0.5, 0.6) is 0 Å². The number of ether oxygens (including phenoxy) is 2. The minimum Gasteiger partial charge on any atom is -0.465 e. The van der Waals surface area contributed by atoms with Crippen LogP contribution in [0.25, 0.3) is 0 Å². The monoisotopic (exact) mass is 425 g/mol. The standard InChI is InChI=1S/C17H24N5O6P/c1-2-28-15(23)14(10-13-6-4-3-5-7-13)21-29(25,26)12-27-9-8-22-11-19-16(18)20-17(22)24/h3-7,11,14H,2,8-10,12H2,1H3,(H2,18,20,24)(H2,21,25,26)/t14-/m0/s1. The predicted molar refractivity (Wildman–Crippen MR) is 105 cm³/mol. The Bertz CT molecular complexity index is 907. The van der Waals surface area contributed by atoms with Gasteiger partial charge in [0.25, 0.3) is 7.52 Å². The molecule has 0 saturated heterocycles. The smallest absolute Gasteiger partial charge is 0.352 e. The fourth-order valence-electron chi connectivity index (χ4n) is 2.43. The van der Waals surface area contributed by atoms with Gasteiger partial charge in [-0.05, 0) is 18.9 Å². The van der Waals surface area contributed by atoms with E-state index in [1.165, 1.54) is 6.33 Å². The van der Waals surface area contributed by atoms with Gasteiger partial charge in [0.15, 0.2) is 0 Å². The van der Waals surface area contributed by atoms with Crippen molar-refractivity contribution < 1.29 is 23.7 Å². The van der Waals surface area contributed by atoms with Crippen molar-refractivity contribution in [1.29, 1.82) is 0 Å². The van der Waals surface area contributed by atoms with Crippen LogP contribution in [0.15, 0.2) is 41.5 Å². The van der Waals surface area contributed by atoms with Crippen LogP contribution < -0.4 is 16.5 Å². The van der Waals surface area contributed by atoms with Gasteiger partial charge < -0.3 is 20.1 Å². The van der Waals surface area contributed by atoms with Crippen molar-refractivity contribution in [2.24, 2.45) is 0 Å². The van der Waals surface area contributed by atoms with Crippen molar-refractivity contribution in [2.45, 2.75) is 25.9 Å². The molecule has 0 bridgehead atoms. The molecule has 0 fully saturated rings. The second-order valence-corrected chi connectivity index (χ2v) is 7.97. The number of rotatable bonds is 11. The average molecular weight is 425 g/mol. The Hall–Kier alpha value is -2.59. The Morgan fingerprint density at radius 3 is 2.76 bits per heavy atom. The molecule has 0 aliphatic carbocycles. The first kappa shape index (κ1) is 22.7. The summed E-state index contributed by atoms with van der Waals surface area (Å²) in [4.78, 5) is 41.1. The molecule has 2 rings (SSSR count). The number of anilines is 1. The van der Waals surface area contributed by atoms with E-state index in [2.05, 4.69) is 15.1 Å². The van der Waals surface area contributed by atoms with E-state index < -0.39 is 31.6 Å². The van der Waals surface area contributed by atoms with Crippen molar-refractivity contribution >= 4 is 19.4 Å². The van der Waals surface area contributed by atoms with E-state index in [1.54, 1.807) is 19.1 Å². The summed E-state index contributed by atoms with van der Waals surface area (Å²) in [7, 11) is -4.02. The number of nitrogen functional groups attached to an aromatic ring is 1. The van der Waals surface area contributed by atoms with Gasteiger partial charge in [-0.25, -0.2) is 14.9 Å². The van der Waals surface area contributed by atoms with Gasteiger partial charge in [0.05, 0.1) is 19.8 Å². The predicted octanol–water partition coefficient (Wildman–Crippen LogP) is 0.144. The van der Waals surface area contributed by atoms with Crippen molar-refractivity contribution in [3.05, 3.63) is 52.7 Å². The summed E-state index contributed by atoms with van der Waals surface area (Å²) < 4.78 is 23.8. The number of hydrogen-bond acceptors (Lipinski definition) is 8. The molecule has 1 aromatic carbocycles. The fraction of sp³-hybridized carbons (Fsp3) is 0.412. The van der Waals surface area contributed by atoms with E-state index in [4.69, 9.17) is 15.2 Å². The number of aromatic nitrogens is 3. The molecular formula is C17H24N5O6P. The van der Waals surface area contributed by atoms with Gasteiger partial charge in [0, 0.05) is 0 Å². The lowest BCUT2D eigenvalue weighted by atomic mass is 10.1. The second kappa shape index (κ2) is 10.8. The zero-order chi connectivity index (χ0) is 21.3. The van der Waals surface area contributed by atoms with Crippen molar-refractivity contribution in [1.82, 2.24) is 19.6 Å². The molecule has 0 saturated carbocycles. The normalized spacial score (nSPS) is 14.1. The molecule has 11 nitrogen and oxygen atoms in total. The van der Waals surface area contributed by atoms with E-state index in [0.29, 0.717) is 0 Å². The van der Waals surface area contributed by atoms with Crippen molar-refractivity contribution in [3.63, 3.8) is 0 Å². The topological polar surface area (TPSA) is 159 Å². The Labute approximate surface area is 167 Å². The molecule has 158 valence electrons. The fourth-order valence-corrected chi connectivity index (χ4v) is 3.56. The van der Waals surface area contributed by atoms with Crippen molar-refractivity contribution in [2.75, 3.05) is 25.3 Å². The van der Waals surface area contributed by atoms with Gasteiger partial charge >= 0.3 is 11.7 Å². The lowest BCUT2D eigenvalue weighted by Crippen LogP contribution is -2.38. The van der Waals surface area contributed by atoms with Crippen LogP contribution in [0.4, 0.5) is 5.95 Å². The Morgan fingerprint density at radius 1 is 1.38 bits per heavy atom. The molecule has 29 heavy (non-hydrogen) atoms. The molecule has 0 aliphatic heterocycles. The van der Waals surface area contributed by atoms with Crippen LogP contribution in [-0.2, 0) is 31.8 Å². The Balaban J connectivity index is 1.91. The highest BCUT2D eigenvalue weighted by Crippen LogP contribution is 2.36. The van der Waals surface area contributed by atoms with Crippen LogP contribution in [-0.4, -0.2) is 51.0 Å². The third kappa shape index (κ3) is 7.74. The number of nitrogens with zero attached hydrogens (tertiary/aromatic N) is 3. The first-order chi connectivity index (χ1) is 13.8. The number of nitrogens with one attached hydrogen (secondary N) is 1. The summed E-state index contributed by atoms with van der Waals surface area (Å²) in [5.41, 5.74) is 5.51. The molecule has 1 aromatic heterocycles. The van der Waals surface area contributed by atoms with E-state index in [-0.39, 0.29) is 32.1 Å². The van der Waals surface area contributed by atoms with E-state index in [1.807, 2.05) is 18.2 Å². The maximum atomic E-state index is 12.4. The van der Waals surface area contributed by atoms with Crippen LogP contribution >= 0.6 is 7.52 Å². The van der Waals surface area contributed by atoms with E-state index >= 15 is 0 Å². The maximum absolute atomic E-state index is 12.4. The summed E-state index contributed by atoms with van der Waals surface area (Å²) in [6, 6.07) is 8.05. The van der Waals surface area contributed by atoms with E-state index in [0.717, 1.165) is 10.1 Å². The number of carbonyl (C=O) groups is 1. The SMILES string of the molecule is CCOC(=O)[C@H](Cc1ccccc1)NP(=O)(O)COCCn1cnc(N)nc1=O. The van der Waals surface area contributed by atoms with E-state index in [9.17, 15) is 19.0 Å². The van der Waals surface area contributed by atoms with Gasteiger partial charge in [-0.1, -0.05) is 30.3 Å². The lowest BCUT2D eigenvalue weighted by molar-refractivity contribution is -0.145. The van der Waals surface area contributed by atoms with Crippen LogP contribution in [0.1, 0.15) is 12.5 Å². The van der Waals surface area contributed by atoms with Crippen molar-refractivity contribution in [3.8, 4) is 0 Å². The molecule has 0 spiro atoms. The summed E-state index contributed by atoms with van der Waals surface area (Å²) in [6.07, 6.45) is 0.839. The highest BCUT2D eigenvalue weighted by atomic mass is 31.2. The molecule has 0 amide bonds. The molecular weight excluding hydrogens is 401 g/mol. The average Bonchev–Trinajstić information content (AvgIpc) is 2.67. The van der Waals surface area contributed by atoms with Gasteiger partial charge in [0.1, 0.15) is 18.7 Å². The number of nitrogens with two attached hydrogens (primary N) is 1. The summed E-state index contributed by atoms with van der Waals surface area (Å²) >= 11 is 0. The Kier molecular flexibility index (Phi) is 8.47. The first-order valence-electron chi connectivity index (χ1n) is 8.87. The molecule has 4 N–H and O–H groups in total. The van der Waals surface area contributed by atoms with Gasteiger partial charge in [-0.3, -0.25) is 13.9 Å². The van der Waals surface area contributed by atoms with Gasteiger partial charge in [-0.2, -0.15) is 4.98 Å². The molecule has 0 aliphatic rings. The summed E-state index contributed by atoms with van der Waals surface area (Å²) in [5, 5.41) is 2.45. The minimum atomic E-state index is -4.02. The van der Waals surface area contributed by atoms with Crippen LogP contribution in [0, 0.1) is 0 Å². The quantitative estimate of drug-likeness (QED) is 0.257. The molecule has 2 atom stereocenters. The molecule has 1 heterocycles. The third-order valence-electron chi connectivity index (χ3n) is 3.74. The van der Waals surface area contributed by atoms with Gasteiger partial charge in [0.2, 0.25) is 5.95 Å². The molecule has 1 unspecified atom stereocenters. The summed E-state index contributed by atoms with van der Waals surface area (Å²) in [5.74, 6) is -0.768. The van der Waals surface area contributed by atoms with Gasteiger partial charge in [-0.15, -0.1) is 0 Å². The first-order valence-corrected chi connectivity index (χ1v) is 10.7. The number of carbonyl (C=O) groups excluding carboxylic acids is 1.